The van der Waals surface area contributed by atoms with Crippen LogP contribution in [0.5, 0.6) is 11.5 Å². The number of rotatable bonds is 4. The number of terminal acetylenes is 1. The van der Waals surface area contributed by atoms with Gasteiger partial charge in [0.2, 0.25) is 0 Å². The molecule has 0 atom stereocenters. The molecule has 0 aliphatic carbocycles. The first-order valence-electron chi connectivity index (χ1n) is 6.91. The van der Waals surface area contributed by atoms with Crippen molar-refractivity contribution in [3.63, 3.8) is 0 Å². The van der Waals surface area contributed by atoms with Gasteiger partial charge in [-0.3, -0.25) is 0 Å². The highest BCUT2D eigenvalue weighted by molar-refractivity contribution is 5.50. The lowest BCUT2D eigenvalue weighted by atomic mass is 9.77. The lowest BCUT2D eigenvalue weighted by Crippen LogP contribution is -2.21. The minimum atomic E-state index is -0.495. The molecule has 0 radical (unpaired) electrons. The molecule has 2 aromatic rings. The van der Waals surface area contributed by atoms with E-state index in [1.807, 2.05) is 48.5 Å². The van der Waals surface area contributed by atoms with Gasteiger partial charge in [0.1, 0.15) is 11.5 Å². The van der Waals surface area contributed by atoms with Gasteiger partial charge in [-0.1, -0.05) is 30.2 Å². The van der Waals surface area contributed by atoms with Gasteiger partial charge < -0.3 is 9.47 Å². The van der Waals surface area contributed by atoms with Crippen LogP contribution >= 0.6 is 0 Å². The van der Waals surface area contributed by atoms with Gasteiger partial charge in [0.05, 0.1) is 19.6 Å². The molecule has 0 amide bonds. The van der Waals surface area contributed by atoms with Crippen LogP contribution in [0.15, 0.2) is 48.5 Å². The van der Waals surface area contributed by atoms with Crippen LogP contribution in [0.4, 0.5) is 0 Å². The molecule has 0 aliphatic heterocycles. The van der Waals surface area contributed by atoms with Crippen molar-refractivity contribution in [3.05, 3.63) is 59.7 Å². The van der Waals surface area contributed by atoms with E-state index in [1.165, 1.54) is 0 Å². The molecule has 2 nitrogen and oxygen atoms in total. The van der Waals surface area contributed by atoms with E-state index >= 15 is 0 Å². The Hall–Kier alpha value is -2.84. The number of benzene rings is 2. The molecule has 22 heavy (non-hydrogen) atoms. The van der Waals surface area contributed by atoms with Crippen molar-refractivity contribution in [2.45, 2.75) is 12.3 Å². The molecule has 0 saturated carbocycles. The lowest BCUT2D eigenvalue weighted by Gasteiger charge is -2.25. The average molecular weight is 290 g/mol. The molecule has 110 valence electrons. The van der Waals surface area contributed by atoms with Gasteiger partial charge >= 0.3 is 0 Å². The number of ether oxygens (including phenoxy) is 2. The molecule has 0 unspecified atom stereocenters. The topological polar surface area (TPSA) is 18.5 Å². The normalized spacial score (nSPS) is 10.1. The highest BCUT2D eigenvalue weighted by atomic mass is 16.5. The molecule has 0 aliphatic rings. The first kappa shape index (κ1) is 15.5. The summed E-state index contributed by atoms with van der Waals surface area (Å²) in [5.41, 5.74) is 1.62. The fourth-order valence-electron chi connectivity index (χ4n) is 2.32. The Kier molecular flexibility index (Phi) is 4.77. The lowest BCUT2D eigenvalue weighted by molar-refractivity contribution is 0.414. The molecule has 0 heterocycles. The van der Waals surface area contributed by atoms with E-state index in [0.717, 1.165) is 22.6 Å². The summed E-state index contributed by atoms with van der Waals surface area (Å²) in [6.07, 6.45) is 5.32. The Morgan fingerprint density at radius 3 is 1.55 bits per heavy atom. The number of hydrogen-bond acceptors (Lipinski definition) is 2. The van der Waals surface area contributed by atoms with Crippen molar-refractivity contribution < 1.29 is 9.47 Å². The van der Waals surface area contributed by atoms with Crippen LogP contribution < -0.4 is 9.47 Å². The first-order chi connectivity index (χ1) is 10.6. The third-order valence-electron chi connectivity index (χ3n) is 3.72. The van der Waals surface area contributed by atoms with Crippen LogP contribution in [0.2, 0.25) is 0 Å². The Labute approximate surface area is 132 Å². The summed E-state index contributed by atoms with van der Waals surface area (Å²) in [6, 6.07) is 15.7. The zero-order valence-electron chi connectivity index (χ0n) is 13.0. The van der Waals surface area contributed by atoms with Crippen LogP contribution in [-0.2, 0) is 5.41 Å². The Bertz CT molecular complexity index is 675. The van der Waals surface area contributed by atoms with Crippen molar-refractivity contribution in [3.8, 4) is 35.7 Å². The molecular formula is C20H18O2. The fraction of sp³-hybridized carbons (Fsp3) is 0.200. The third-order valence-corrected chi connectivity index (χ3v) is 3.72. The maximum Gasteiger partial charge on any atom is 0.118 e. The zero-order chi connectivity index (χ0) is 16.0. The predicted molar refractivity (Wildman–Crippen MR) is 89.1 cm³/mol. The van der Waals surface area contributed by atoms with Gasteiger partial charge in [-0.25, -0.2) is 0 Å². The monoisotopic (exact) mass is 290 g/mol. The van der Waals surface area contributed by atoms with Crippen molar-refractivity contribution in [1.29, 1.82) is 0 Å². The SMILES string of the molecule is C#CC#CC(C)(c1ccc(OC)cc1)c1ccc(OC)cc1. The summed E-state index contributed by atoms with van der Waals surface area (Å²) in [5, 5.41) is 0. The Morgan fingerprint density at radius 2 is 1.23 bits per heavy atom. The second-order valence-electron chi connectivity index (χ2n) is 4.98. The highest BCUT2D eigenvalue weighted by Gasteiger charge is 2.27. The van der Waals surface area contributed by atoms with Crippen LogP contribution in [-0.4, -0.2) is 14.2 Å². The van der Waals surface area contributed by atoms with Gasteiger partial charge in [0, 0.05) is 0 Å². The van der Waals surface area contributed by atoms with Gasteiger partial charge in [-0.2, -0.15) is 0 Å². The standard InChI is InChI=1S/C20H18O2/c1-5-6-15-20(2,16-7-11-18(21-3)12-8-16)17-9-13-19(22-4)14-10-17/h1,7-14H,2-4H3. The number of hydrogen-bond donors (Lipinski definition) is 0. The summed E-state index contributed by atoms with van der Waals surface area (Å²) < 4.78 is 10.4. The molecule has 0 spiro atoms. The van der Waals surface area contributed by atoms with E-state index in [9.17, 15) is 0 Å². The molecule has 2 rings (SSSR count). The number of methoxy groups -OCH3 is 2. The quantitative estimate of drug-likeness (QED) is 0.800. The van der Waals surface area contributed by atoms with Gasteiger partial charge in [-0.15, -0.1) is 6.42 Å². The van der Waals surface area contributed by atoms with E-state index < -0.39 is 5.41 Å². The zero-order valence-corrected chi connectivity index (χ0v) is 13.0. The first-order valence-corrected chi connectivity index (χ1v) is 6.91. The summed E-state index contributed by atoms with van der Waals surface area (Å²) in [4.78, 5) is 0. The molecule has 0 saturated heterocycles. The Balaban J connectivity index is 2.52. The summed E-state index contributed by atoms with van der Waals surface area (Å²) in [5.74, 6) is 9.96. The summed E-state index contributed by atoms with van der Waals surface area (Å²) >= 11 is 0. The van der Waals surface area contributed by atoms with Crippen LogP contribution in [0, 0.1) is 24.2 Å². The maximum absolute atomic E-state index is 5.32. The van der Waals surface area contributed by atoms with Gasteiger partial charge in [-0.05, 0) is 54.2 Å². The van der Waals surface area contributed by atoms with Gasteiger partial charge in [0.25, 0.3) is 0 Å². The van der Waals surface area contributed by atoms with Crippen LogP contribution in [0.1, 0.15) is 18.1 Å². The molecule has 0 aromatic heterocycles. The summed E-state index contributed by atoms with van der Waals surface area (Å²) in [7, 11) is 3.30. The van der Waals surface area contributed by atoms with Crippen molar-refractivity contribution >= 4 is 0 Å². The minimum absolute atomic E-state index is 0.495. The van der Waals surface area contributed by atoms with E-state index in [2.05, 4.69) is 24.7 Å². The minimum Gasteiger partial charge on any atom is -0.497 e. The summed E-state index contributed by atoms with van der Waals surface area (Å²) in [6.45, 7) is 2.06. The van der Waals surface area contributed by atoms with Crippen LogP contribution in [0.3, 0.4) is 0 Å². The van der Waals surface area contributed by atoms with Crippen molar-refractivity contribution in [2.75, 3.05) is 14.2 Å². The molecule has 0 N–H and O–H groups in total. The van der Waals surface area contributed by atoms with E-state index in [-0.39, 0.29) is 0 Å². The molecule has 0 bridgehead atoms. The molecule has 2 heteroatoms. The third kappa shape index (κ3) is 3.08. The van der Waals surface area contributed by atoms with E-state index in [4.69, 9.17) is 15.9 Å². The fourth-order valence-corrected chi connectivity index (χ4v) is 2.32. The smallest absolute Gasteiger partial charge is 0.118 e. The molecular weight excluding hydrogens is 272 g/mol. The molecule has 0 fully saturated rings. The van der Waals surface area contributed by atoms with E-state index in [0.29, 0.717) is 0 Å². The van der Waals surface area contributed by atoms with Gasteiger partial charge in [0.15, 0.2) is 0 Å². The highest BCUT2D eigenvalue weighted by Crippen LogP contribution is 2.33. The second-order valence-corrected chi connectivity index (χ2v) is 4.98. The predicted octanol–water partition coefficient (Wildman–Crippen LogP) is 3.65. The second kappa shape index (κ2) is 6.74. The van der Waals surface area contributed by atoms with E-state index in [1.54, 1.807) is 14.2 Å². The van der Waals surface area contributed by atoms with Crippen molar-refractivity contribution in [1.82, 2.24) is 0 Å². The molecule has 2 aromatic carbocycles. The average Bonchev–Trinajstić information content (AvgIpc) is 2.59. The van der Waals surface area contributed by atoms with Crippen molar-refractivity contribution in [2.24, 2.45) is 0 Å². The van der Waals surface area contributed by atoms with Crippen LogP contribution in [0.25, 0.3) is 0 Å². The Morgan fingerprint density at radius 1 is 0.818 bits per heavy atom. The maximum atomic E-state index is 5.32. The largest absolute Gasteiger partial charge is 0.497 e.